The van der Waals surface area contributed by atoms with E-state index in [1.54, 1.807) is 11.2 Å². The van der Waals surface area contributed by atoms with Crippen molar-refractivity contribution in [2.24, 2.45) is 0 Å². The molecule has 0 amide bonds. The Kier molecular flexibility index (Phi) is 6.51. The van der Waals surface area contributed by atoms with Crippen molar-refractivity contribution in [3.8, 4) is 5.75 Å². The second kappa shape index (κ2) is 8.06. The van der Waals surface area contributed by atoms with E-state index in [9.17, 15) is 8.42 Å². The summed E-state index contributed by atoms with van der Waals surface area (Å²) < 4.78 is 33.3. The minimum Gasteiger partial charge on any atom is -0.487 e. The number of unbranched alkanes of at least 4 members (excludes halogenated alkanes) is 2. The molecule has 1 unspecified atom stereocenters. The lowest BCUT2D eigenvalue weighted by Gasteiger charge is -2.42. The van der Waals surface area contributed by atoms with Gasteiger partial charge in [0.2, 0.25) is 10.0 Å². The molecule has 2 rings (SSSR count). The number of hydrogen-bond acceptors (Lipinski definition) is 4. The van der Waals surface area contributed by atoms with Crippen LogP contribution in [0.2, 0.25) is 0 Å². The van der Waals surface area contributed by atoms with E-state index >= 15 is 0 Å². The first kappa shape index (κ1) is 20.2. The average molecular weight is 370 g/mol. The van der Waals surface area contributed by atoms with Crippen molar-refractivity contribution < 1.29 is 18.3 Å². The molecule has 142 valence electrons. The number of sulfonamides is 1. The van der Waals surface area contributed by atoms with Gasteiger partial charge in [0.15, 0.2) is 0 Å². The Morgan fingerprint density at radius 2 is 2.00 bits per heavy atom. The summed E-state index contributed by atoms with van der Waals surface area (Å²) in [4.78, 5) is 0. The summed E-state index contributed by atoms with van der Waals surface area (Å²) in [6, 6.07) is 5.79. The maximum absolute atomic E-state index is 12.8. The standard InChI is InChI=1S/C19H31NO4S/c1-5-25(22,23)20(11-7-6-8-12-21)17-14-19(3,4)24-18-13-15(2)9-10-16(17)18/h9-10,13,17,21H,5-8,11-12,14H2,1-4H3. The summed E-state index contributed by atoms with van der Waals surface area (Å²) in [7, 11) is -3.33. The highest BCUT2D eigenvalue weighted by molar-refractivity contribution is 7.89. The predicted molar refractivity (Wildman–Crippen MR) is 100 cm³/mol. The van der Waals surface area contributed by atoms with Gasteiger partial charge in [-0.1, -0.05) is 12.1 Å². The number of ether oxygens (including phenoxy) is 1. The molecule has 0 saturated heterocycles. The fourth-order valence-electron chi connectivity index (χ4n) is 3.39. The number of aryl methyl sites for hydroxylation is 1. The van der Waals surface area contributed by atoms with Crippen LogP contribution in [0.5, 0.6) is 5.75 Å². The third kappa shape index (κ3) is 4.96. The van der Waals surface area contributed by atoms with Gasteiger partial charge in [0.05, 0.1) is 11.8 Å². The molecule has 25 heavy (non-hydrogen) atoms. The van der Waals surface area contributed by atoms with E-state index < -0.39 is 15.6 Å². The van der Waals surface area contributed by atoms with Crippen LogP contribution in [0.3, 0.4) is 0 Å². The number of fused-ring (bicyclic) bond motifs is 1. The van der Waals surface area contributed by atoms with Gasteiger partial charge in [0.25, 0.3) is 0 Å². The van der Waals surface area contributed by atoms with Gasteiger partial charge in [-0.25, -0.2) is 8.42 Å². The molecule has 0 aliphatic carbocycles. The van der Waals surface area contributed by atoms with Crippen molar-refractivity contribution in [1.29, 1.82) is 0 Å². The van der Waals surface area contributed by atoms with Crippen LogP contribution in [0.15, 0.2) is 18.2 Å². The Bertz CT molecular complexity index is 685. The Balaban J connectivity index is 2.38. The number of rotatable bonds is 8. The lowest BCUT2D eigenvalue weighted by Crippen LogP contribution is -2.44. The molecule has 0 bridgehead atoms. The van der Waals surface area contributed by atoms with Crippen LogP contribution in [0.4, 0.5) is 0 Å². The second-order valence-electron chi connectivity index (χ2n) is 7.42. The van der Waals surface area contributed by atoms with Gasteiger partial charge >= 0.3 is 0 Å². The highest BCUT2D eigenvalue weighted by Crippen LogP contribution is 2.44. The molecule has 1 N–H and O–H groups in total. The lowest BCUT2D eigenvalue weighted by atomic mass is 9.89. The summed E-state index contributed by atoms with van der Waals surface area (Å²) in [6.45, 7) is 8.34. The van der Waals surface area contributed by atoms with Crippen LogP contribution < -0.4 is 4.74 Å². The van der Waals surface area contributed by atoms with E-state index in [2.05, 4.69) is 0 Å². The second-order valence-corrected chi connectivity index (χ2v) is 9.63. The third-order valence-electron chi connectivity index (χ3n) is 4.71. The largest absolute Gasteiger partial charge is 0.487 e. The van der Waals surface area contributed by atoms with E-state index in [4.69, 9.17) is 9.84 Å². The van der Waals surface area contributed by atoms with E-state index in [-0.39, 0.29) is 18.4 Å². The van der Waals surface area contributed by atoms with Crippen molar-refractivity contribution >= 4 is 10.0 Å². The molecule has 0 fully saturated rings. The molecule has 5 nitrogen and oxygen atoms in total. The molecular weight excluding hydrogens is 338 g/mol. The maximum atomic E-state index is 12.8. The van der Waals surface area contributed by atoms with E-state index in [0.717, 1.165) is 29.7 Å². The molecule has 0 spiro atoms. The van der Waals surface area contributed by atoms with E-state index in [1.807, 2.05) is 39.0 Å². The molecule has 6 heteroatoms. The molecule has 0 saturated carbocycles. The fraction of sp³-hybridized carbons (Fsp3) is 0.684. The molecule has 1 heterocycles. The molecule has 1 aliphatic heterocycles. The predicted octanol–water partition coefficient (Wildman–Crippen LogP) is 3.41. The van der Waals surface area contributed by atoms with Crippen molar-refractivity contribution in [2.75, 3.05) is 18.9 Å². The molecular formula is C19H31NO4S. The normalized spacial score (nSPS) is 19.5. The Hall–Kier alpha value is -1.11. The summed E-state index contributed by atoms with van der Waals surface area (Å²) in [5.41, 5.74) is 1.63. The molecule has 0 radical (unpaired) electrons. The third-order valence-corrected chi connectivity index (χ3v) is 6.59. The first-order valence-corrected chi connectivity index (χ1v) is 10.7. The van der Waals surface area contributed by atoms with Crippen molar-refractivity contribution in [2.45, 2.75) is 65.0 Å². The SMILES string of the molecule is CCS(=O)(=O)N(CCCCCO)C1CC(C)(C)Oc2cc(C)ccc21. The smallest absolute Gasteiger partial charge is 0.214 e. The molecule has 1 aliphatic rings. The van der Waals surface area contributed by atoms with Crippen LogP contribution in [-0.2, 0) is 10.0 Å². The number of nitrogens with zero attached hydrogens (tertiary/aromatic N) is 1. The van der Waals surface area contributed by atoms with Crippen LogP contribution in [0.1, 0.15) is 63.6 Å². The number of benzene rings is 1. The highest BCUT2D eigenvalue weighted by Gasteiger charge is 2.40. The van der Waals surface area contributed by atoms with Gasteiger partial charge < -0.3 is 9.84 Å². The van der Waals surface area contributed by atoms with Gasteiger partial charge in [-0.05, 0) is 58.6 Å². The summed E-state index contributed by atoms with van der Waals surface area (Å²) in [6.07, 6.45) is 2.90. The lowest BCUT2D eigenvalue weighted by molar-refractivity contribution is 0.0499. The van der Waals surface area contributed by atoms with E-state index in [0.29, 0.717) is 19.4 Å². The van der Waals surface area contributed by atoms with Crippen LogP contribution in [-0.4, -0.2) is 42.3 Å². The fourth-order valence-corrected chi connectivity index (χ4v) is 4.70. The van der Waals surface area contributed by atoms with E-state index in [1.165, 1.54) is 0 Å². The number of aliphatic hydroxyl groups excluding tert-OH is 1. The number of aliphatic hydroxyl groups is 1. The van der Waals surface area contributed by atoms with Gasteiger partial charge in [-0.15, -0.1) is 0 Å². The first-order valence-electron chi connectivity index (χ1n) is 9.10. The monoisotopic (exact) mass is 369 g/mol. The minimum absolute atomic E-state index is 0.0893. The van der Waals surface area contributed by atoms with Gasteiger partial charge in [-0.2, -0.15) is 4.31 Å². The Morgan fingerprint density at radius 3 is 2.64 bits per heavy atom. The zero-order valence-electron chi connectivity index (χ0n) is 15.8. The van der Waals surface area contributed by atoms with Crippen LogP contribution >= 0.6 is 0 Å². The zero-order valence-corrected chi connectivity index (χ0v) is 16.6. The molecule has 1 atom stereocenters. The first-order chi connectivity index (χ1) is 11.7. The summed E-state index contributed by atoms with van der Waals surface area (Å²) in [5, 5.41) is 8.96. The van der Waals surface area contributed by atoms with Gasteiger partial charge in [0, 0.05) is 25.1 Å². The highest BCUT2D eigenvalue weighted by atomic mass is 32.2. The Morgan fingerprint density at radius 1 is 1.28 bits per heavy atom. The minimum atomic E-state index is -3.33. The van der Waals surface area contributed by atoms with Crippen molar-refractivity contribution in [3.63, 3.8) is 0 Å². The van der Waals surface area contributed by atoms with Crippen LogP contribution in [0.25, 0.3) is 0 Å². The van der Waals surface area contributed by atoms with Crippen molar-refractivity contribution in [1.82, 2.24) is 4.31 Å². The van der Waals surface area contributed by atoms with Crippen molar-refractivity contribution in [3.05, 3.63) is 29.3 Å². The Labute approximate surface area is 152 Å². The number of hydrogen-bond donors (Lipinski definition) is 1. The van der Waals surface area contributed by atoms with Crippen LogP contribution in [0, 0.1) is 6.92 Å². The van der Waals surface area contributed by atoms with Gasteiger partial charge in [0.1, 0.15) is 11.4 Å². The molecule has 0 aromatic heterocycles. The van der Waals surface area contributed by atoms with Gasteiger partial charge in [-0.3, -0.25) is 0 Å². The molecule has 1 aromatic rings. The topological polar surface area (TPSA) is 66.8 Å². The zero-order chi connectivity index (χ0) is 18.7. The quantitative estimate of drug-likeness (QED) is 0.713. The average Bonchev–Trinajstić information content (AvgIpc) is 2.52. The summed E-state index contributed by atoms with van der Waals surface area (Å²) in [5.74, 6) is 0.874. The maximum Gasteiger partial charge on any atom is 0.214 e. The molecule has 1 aromatic carbocycles. The summed E-state index contributed by atoms with van der Waals surface area (Å²) >= 11 is 0.